The zero-order valence-corrected chi connectivity index (χ0v) is 11.2. The van der Waals surface area contributed by atoms with Gasteiger partial charge in [-0.2, -0.15) is 0 Å². The summed E-state index contributed by atoms with van der Waals surface area (Å²) in [6.07, 6.45) is 5.18. The van der Waals surface area contributed by atoms with Crippen LogP contribution in [-0.4, -0.2) is 47.7 Å². The van der Waals surface area contributed by atoms with Crippen LogP contribution in [0.4, 0.5) is 0 Å². The van der Waals surface area contributed by atoms with Gasteiger partial charge in [0.25, 0.3) is 0 Å². The Morgan fingerprint density at radius 3 is 2.29 bits per heavy atom. The van der Waals surface area contributed by atoms with Crippen LogP contribution in [0, 0.1) is 0 Å². The largest absolute Gasteiger partial charge is 0.480 e. The maximum Gasteiger partial charge on any atom is 0.323 e. The molecule has 2 N–H and O–H groups in total. The van der Waals surface area contributed by atoms with Crippen LogP contribution in [0.1, 0.15) is 46.0 Å². The van der Waals surface area contributed by atoms with Gasteiger partial charge in [0.05, 0.1) is 0 Å². The van der Waals surface area contributed by atoms with Gasteiger partial charge in [-0.25, -0.2) is 0 Å². The predicted octanol–water partition coefficient (Wildman–Crippen LogP) is 1.71. The highest BCUT2D eigenvalue weighted by Gasteiger charge is 2.33. The van der Waals surface area contributed by atoms with Gasteiger partial charge >= 0.3 is 5.97 Å². The van der Waals surface area contributed by atoms with Gasteiger partial charge in [-0.05, 0) is 38.8 Å². The zero-order chi connectivity index (χ0) is 12.7. The van der Waals surface area contributed by atoms with Gasteiger partial charge in [-0.1, -0.05) is 20.3 Å². The quantitative estimate of drug-likeness (QED) is 0.713. The summed E-state index contributed by atoms with van der Waals surface area (Å²) in [5, 5.41) is 12.5. The highest BCUT2D eigenvalue weighted by Crippen LogP contribution is 2.15. The fraction of sp³-hybridized carbons (Fsp3) is 0.923. The molecular formula is C13H26N2O2. The van der Waals surface area contributed by atoms with Crippen molar-refractivity contribution in [2.45, 2.75) is 51.5 Å². The van der Waals surface area contributed by atoms with Crippen LogP contribution >= 0.6 is 0 Å². The van der Waals surface area contributed by atoms with E-state index in [0.29, 0.717) is 12.8 Å². The van der Waals surface area contributed by atoms with Crippen molar-refractivity contribution in [2.75, 3.05) is 26.2 Å². The Kier molecular flexibility index (Phi) is 5.92. The third kappa shape index (κ3) is 3.96. The third-order valence-corrected chi connectivity index (χ3v) is 3.96. The molecule has 0 aromatic rings. The molecule has 0 saturated carbocycles. The number of likely N-dealkylation sites (tertiary alicyclic amines) is 1. The topological polar surface area (TPSA) is 52.6 Å². The van der Waals surface area contributed by atoms with Crippen molar-refractivity contribution in [2.24, 2.45) is 0 Å². The molecule has 1 heterocycles. The summed E-state index contributed by atoms with van der Waals surface area (Å²) in [6, 6.07) is 0. The van der Waals surface area contributed by atoms with Crippen LogP contribution in [0.3, 0.4) is 0 Å². The van der Waals surface area contributed by atoms with E-state index in [-0.39, 0.29) is 0 Å². The molecule has 0 amide bonds. The molecule has 0 spiro atoms. The minimum atomic E-state index is -0.726. The Bertz CT molecular complexity index is 234. The first-order chi connectivity index (χ1) is 8.14. The molecule has 1 saturated heterocycles. The number of carboxylic acid groups (broad SMARTS) is 1. The van der Waals surface area contributed by atoms with E-state index in [0.717, 1.165) is 13.1 Å². The van der Waals surface area contributed by atoms with E-state index >= 15 is 0 Å². The molecule has 0 aromatic carbocycles. The Morgan fingerprint density at radius 1 is 1.24 bits per heavy atom. The maximum absolute atomic E-state index is 11.3. The van der Waals surface area contributed by atoms with E-state index in [4.69, 9.17) is 0 Å². The van der Waals surface area contributed by atoms with E-state index < -0.39 is 11.5 Å². The predicted molar refractivity (Wildman–Crippen MR) is 69.2 cm³/mol. The third-order valence-electron chi connectivity index (χ3n) is 3.96. The molecule has 0 aliphatic carbocycles. The lowest BCUT2D eigenvalue weighted by molar-refractivity contribution is -0.145. The Morgan fingerprint density at radius 2 is 1.82 bits per heavy atom. The SMILES string of the molecule is CCC(CC)(NCCN1CCCCC1)C(=O)O. The number of nitrogens with zero attached hydrogens (tertiary/aromatic N) is 1. The summed E-state index contributed by atoms with van der Waals surface area (Å²) in [4.78, 5) is 13.7. The first-order valence-corrected chi connectivity index (χ1v) is 6.85. The fourth-order valence-electron chi connectivity index (χ4n) is 2.51. The lowest BCUT2D eigenvalue weighted by atomic mass is 9.93. The molecule has 1 aliphatic heterocycles. The van der Waals surface area contributed by atoms with Crippen molar-refractivity contribution >= 4 is 5.97 Å². The molecule has 0 aromatic heterocycles. The first-order valence-electron chi connectivity index (χ1n) is 6.85. The number of carbonyl (C=O) groups is 1. The van der Waals surface area contributed by atoms with Gasteiger partial charge in [0.1, 0.15) is 5.54 Å². The second-order valence-electron chi connectivity index (χ2n) is 4.92. The highest BCUT2D eigenvalue weighted by atomic mass is 16.4. The van der Waals surface area contributed by atoms with Crippen LogP contribution in [0.2, 0.25) is 0 Å². The zero-order valence-electron chi connectivity index (χ0n) is 11.2. The molecule has 1 aliphatic rings. The van der Waals surface area contributed by atoms with E-state index in [1.165, 1.54) is 32.4 Å². The van der Waals surface area contributed by atoms with E-state index in [1.54, 1.807) is 0 Å². The van der Waals surface area contributed by atoms with Gasteiger partial charge in [0, 0.05) is 13.1 Å². The van der Waals surface area contributed by atoms with Crippen LogP contribution in [0.5, 0.6) is 0 Å². The average Bonchev–Trinajstić information content (AvgIpc) is 2.36. The van der Waals surface area contributed by atoms with Gasteiger partial charge in [-0.3, -0.25) is 4.79 Å². The number of aliphatic carboxylic acids is 1. The number of rotatable bonds is 7. The lowest BCUT2D eigenvalue weighted by Gasteiger charge is -2.31. The van der Waals surface area contributed by atoms with Crippen molar-refractivity contribution in [3.63, 3.8) is 0 Å². The van der Waals surface area contributed by atoms with E-state index in [2.05, 4.69) is 10.2 Å². The number of hydrogen-bond donors (Lipinski definition) is 2. The normalized spacial score (nSPS) is 18.2. The minimum absolute atomic E-state index is 0.638. The number of piperidine rings is 1. The Balaban J connectivity index is 2.33. The molecule has 17 heavy (non-hydrogen) atoms. The molecule has 4 nitrogen and oxygen atoms in total. The summed E-state index contributed by atoms with van der Waals surface area (Å²) in [5.41, 5.74) is -0.726. The fourth-order valence-corrected chi connectivity index (χ4v) is 2.51. The van der Waals surface area contributed by atoms with Crippen molar-refractivity contribution in [3.8, 4) is 0 Å². The van der Waals surface area contributed by atoms with E-state index in [1.807, 2.05) is 13.8 Å². The van der Waals surface area contributed by atoms with Crippen LogP contribution < -0.4 is 5.32 Å². The minimum Gasteiger partial charge on any atom is -0.480 e. The molecule has 1 rings (SSSR count). The average molecular weight is 242 g/mol. The van der Waals surface area contributed by atoms with Gasteiger partial charge < -0.3 is 15.3 Å². The summed E-state index contributed by atoms with van der Waals surface area (Å²) in [7, 11) is 0. The standard InChI is InChI=1S/C13H26N2O2/c1-3-13(4-2,12(16)17)14-8-11-15-9-6-5-7-10-15/h14H,3-11H2,1-2H3,(H,16,17). The van der Waals surface area contributed by atoms with Gasteiger partial charge in [0.15, 0.2) is 0 Å². The number of nitrogens with one attached hydrogen (secondary N) is 1. The van der Waals surface area contributed by atoms with Crippen molar-refractivity contribution < 1.29 is 9.90 Å². The lowest BCUT2D eigenvalue weighted by Crippen LogP contribution is -2.53. The summed E-state index contributed by atoms with van der Waals surface area (Å²) >= 11 is 0. The smallest absolute Gasteiger partial charge is 0.323 e. The molecule has 100 valence electrons. The molecule has 1 fully saturated rings. The Labute approximate surface area is 104 Å². The Hall–Kier alpha value is -0.610. The molecule has 0 unspecified atom stereocenters. The number of carboxylic acids is 1. The molecule has 0 atom stereocenters. The van der Waals surface area contributed by atoms with Crippen molar-refractivity contribution in [1.29, 1.82) is 0 Å². The molecule has 0 bridgehead atoms. The monoisotopic (exact) mass is 242 g/mol. The van der Waals surface area contributed by atoms with Crippen molar-refractivity contribution in [1.82, 2.24) is 10.2 Å². The van der Waals surface area contributed by atoms with E-state index in [9.17, 15) is 9.90 Å². The van der Waals surface area contributed by atoms with Gasteiger partial charge in [-0.15, -0.1) is 0 Å². The first kappa shape index (κ1) is 14.5. The van der Waals surface area contributed by atoms with Crippen molar-refractivity contribution in [3.05, 3.63) is 0 Å². The number of hydrogen-bond acceptors (Lipinski definition) is 3. The maximum atomic E-state index is 11.3. The van der Waals surface area contributed by atoms with Crippen LogP contribution in [-0.2, 0) is 4.79 Å². The van der Waals surface area contributed by atoms with Gasteiger partial charge in [0.2, 0.25) is 0 Å². The molecular weight excluding hydrogens is 216 g/mol. The summed E-state index contributed by atoms with van der Waals surface area (Å²) in [6.45, 7) is 7.94. The summed E-state index contributed by atoms with van der Waals surface area (Å²) < 4.78 is 0. The highest BCUT2D eigenvalue weighted by molar-refractivity contribution is 5.78. The molecule has 4 heteroatoms. The second-order valence-corrected chi connectivity index (χ2v) is 4.92. The van der Waals surface area contributed by atoms with Crippen LogP contribution in [0.25, 0.3) is 0 Å². The van der Waals surface area contributed by atoms with Crippen LogP contribution in [0.15, 0.2) is 0 Å². The summed E-state index contributed by atoms with van der Waals surface area (Å²) in [5.74, 6) is -0.721. The second kappa shape index (κ2) is 6.97. The molecule has 0 radical (unpaired) electrons.